The van der Waals surface area contributed by atoms with E-state index in [0.717, 1.165) is 16.5 Å². The van der Waals surface area contributed by atoms with Gasteiger partial charge in [0, 0.05) is 28.2 Å². The fourth-order valence-electron chi connectivity index (χ4n) is 3.89. The quantitative estimate of drug-likeness (QED) is 0.253. The van der Waals surface area contributed by atoms with Crippen molar-refractivity contribution in [3.63, 3.8) is 0 Å². The number of thiocarbonyl (C=S) groups is 1. The average molecular weight is 475 g/mol. The van der Waals surface area contributed by atoms with Gasteiger partial charge in [-0.05, 0) is 42.5 Å². The number of aromatic nitrogens is 1. The van der Waals surface area contributed by atoms with Crippen molar-refractivity contribution < 1.29 is 13.9 Å². The van der Waals surface area contributed by atoms with E-state index in [1.54, 1.807) is 31.4 Å². The predicted molar refractivity (Wildman–Crippen MR) is 136 cm³/mol. The number of nitrogens with zero attached hydrogens (tertiary/aromatic N) is 2. The first-order chi connectivity index (χ1) is 16.0. The summed E-state index contributed by atoms with van der Waals surface area (Å²) < 4.78 is 21.9. The van der Waals surface area contributed by atoms with Crippen LogP contribution in [0.4, 0.5) is 10.1 Å². The van der Waals surface area contributed by atoms with Crippen LogP contribution in [-0.2, 0) is 11.3 Å². The van der Waals surface area contributed by atoms with Gasteiger partial charge < -0.3 is 9.30 Å². The fraction of sp³-hybridized carbons (Fsp3) is 0.0769. The van der Waals surface area contributed by atoms with Gasteiger partial charge in [-0.1, -0.05) is 60.4 Å². The Hall–Kier alpha value is -3.42. The molecule has 4 nitrogen and oxygen atoms in total. The van der Waals surface area contributed by atoms with Crippen molar-refractivity contribution in [2.24, 2.45) is 0 Å². The van der Waals surface area contributed by atoms with Crippen molar-refractivity contribution in [1.82, 2.24) is 4.57 Å². The lowest BCUT2D eigenvalue weighted by molar-refractivity contribution is -0.113. The maximum Gasteiger partial charge on any atom is 0.270 e. The Kier molecular flexibility index (Phi) is 5.74. The molecule has 1 aliphatic heterocycles. The van der Waals surface area contributed by atoms with Gasteiger partial charge in [-0.3, -0.25) is 9.69 Å². The summed E-state index contributed by atoms with van der Waals surface area (Å²) in [6.07, 6.45) is 3.82. The highest BCUT2D eigenvalue weighted by atomic mass is 32.2. The Labute approximate surface area is 200 Å². The number of halogens is 1. The second-order valence-electron chi connectivity index (χ2n) is 7.54. The lowest BCUT2D eigenvalue weighted by atomic mass is 10.1. The summed E-state index contributed by atoms with van der Waals surface area (Å²) in [6, 6.07) is 21.9. The number of ether oxygens (including phenoxy) is 1. The van der Waals surface area contributed by atoms with Crippen molar-refractivity contribution in [1.29, 1.82) is 0 Å². The lowest BCUT2D eigenvalue weighted by Crippen LogP contribution is -2.27. The van der Waals surface area contributed by atoms with E-state index >= 15 is 0 Å². The van der Waals surface area contributed by atoms with Crippen LogP contribution < -0.4 is 9.64 Å². The number of benzene rings is 3. The standard InChI is InChI=1S/C26H19FN2O2S2/c1-31-20-12-10-19(11-13-20)29-25(30)24(33-26(29)32)14-18-16-28(23-9-5-3-7-21(18)23)15-17-6-2-4-8-22(17)27/h2-14,16H,15H2,1H3/b24-14+. The number of fused-ring (bicyclic) bond motifs is 1. The van der Waals surface area contributed by atoms with Crippen LogP contribution in [0, 0.1) is 5.82 Å². The van der Waals surface area contributed by atoms with E-state index in [-0.39, 0.29) is 11.7 Å². The first-order valence-electron chi connectivity index (χ1n) is 10.3. The van der Waals surface area contributed by atoms with Gasteiger partial charge in [0.25, 0.3) is 5.91 Å². The summed E-state index contributed by atoms with van der Waals surface area (Å²) in [5.74, 6) is 0.306. The molecule has 164 valence electrons. The number of methoxy groups -OCH3 is 1. The molecule has 0 saturated carbocycles. The van der Waals surface area contributed by atoms with E-state index < -0.39 is 0 Å². The molecule has 3 aromatic carbocycles. The first kappa shape index (κ1) is 21.4. The predicted octanol–water partition coefficient (Wildman–Crippen LogP) is 6.24. The number of amides is 1. The SMILES string of the molecule is COc1ccc(N2C(=O)/C(=C\c3cn(Cc4ccccc4F)c4ccccc34)SC2=S)cc1. The largest absolute Gasteiger partial charge is 0.497 e. The Morgan fingerprint density at radius 1 is 1.03 bits per heavy atom. The molecule has 2 heterocycles. The molecular formula is C26H19FN2O2S2. The number of anilines is 1. The molecule has 33 heavy (non-hydrogen) atoms. The number of carbonyl (C=O) groups is 1. The van der Waals surface area contributed by atoms with E-state index in [4.69, 9.17) is 17.0 Å². The molecule has 0 N–H and O–H groups in total. The van der Waals surface area contributed by atoms with Gasteiger partial charge in [-0.2, -0.15) is 0 Å². The molecule has 0 radical (unpaired) electrons. The van der Waals surface area contributed by atoms with Crippen molar-refractivity contribution in [3.05, 3.63) is 101 Å². The third-order valence-corrected chi connectivity index (χ3v) is 6.83. The van der Waals surface area contributed by atoms with Crippen LogP contribution in [0.1, 0.15) is 11.1 Å². The van der Waals surface area contributed by atoms with Crippen LogP contribution in [0.25, 0.3) is 17.0 Å². The minimum absolute atomic E-state index is 0.166. The summed E-state index contributed by atoms with van der Waals surface area (Å²) in [5, 5.41) is 0.989. The zero-order chi connectivity index (χ0) is 22.9. The van der Waals surface area contributed by atoms with E-state index in [1.807, 2.05) is 59.3 Å². The molecule has 0 spiro atoms. The highest BCUT2D eigenvalue weighted by molar-refractivity contribution is 8.27. The van der Waals surface area contributed by atoms with Crippen LogP contribution in [0.15, 0.2) is 83.9 Å². The van der Waals surface area contributed by atoms with Gasteiger partial charge in [0.15, 0.2) is 4.32 Å². The van der Waals surface area contributed by atoms with E-state index in [1.165, 1.54) is 22.7 Å². The molecule has 0 unspecified atom stereocenters. The molecule has 0 atom stereocenters. The Bertz CT molecular complexity index is 1410. The molecule has 4 aromatic rings. The molecule has 1 fully saturated rings. The van der Waals surface area contributed by atoms with Gasteiger partial charge in [-0.15, -0.1) is 0 Å². The minimum atomic E-state index is -0.239. The molecule has 1 amide bonds. The second-order valence-corrected chi connectivity index (χ2v) is 9.21. The number of hydrogen-bond acceptors (Lipinski definition) is 4. The van der Waals surface area contributed by atoms with Gasteiger partial charge >= 0.3 is 0 Å². The van der Waals surface area contributed by atoms with Crippen LogP contribution in [0.5, 0.6) is 5.75 Å². The van der Waals surface area contributed by atoms with E-state index in [0.29, 0.717) is 32.8 Å². The molecule has 1 aliphatic rings. The van der Waals surface area contributed by atoms with Crippen molar-refractivity contribution in [3.8, 4) is 5.75 Å². The summed E-state index contributed by atoms with van der Waals surface area (Å²) in [7, 11) is 1.60. The maximum atomic E-state index is 14.3. The normalized spacial score (nSPS) is 15.1. The van der Waals surface area contributed by atoms with E-state index in [2.05, 4.69) is 0 Å². The molecule has 1 aromatic heterocycles. The Morgan fingerprint density at radius 2 is 1.76 bits per heavy atom. The molecule has 0 aliphatic carbocycles. The molecular weight excluding hydrogens is 455 g/mol. The monoisotopic (exact) mass is 474 g/mol. The Morgan fingerprint density at radius 3 is 2.52 bits per heavy atom. The summed E-state index contributed by atoms with van der Waals surface area (Å²) >= 11 is 6.78. The molecule has 1 saturated heterocycles. The number of thioether (sulfide) groups is 1. The van der Waals surface area contributed by atoms with Crippen molar-refractivity contribution >= 4 is 56.9 Å². The highest BCUT2D eigenvalue weighted by Crippen LogP contribution is 2.37. The van der Waals surface area contributed by atoms with Gasteiger partial charge in [0.05, 0.1) is 24.2 Å². The zero-order valence-electron chi connectivity index (χ0n) is 17.7. The fourth-order valence-corrected chi connectivity index (χ4v) is 5.18. The highest BCUT2D eigenvalue weighted by Gasteiger charge is 2.33. The van der Waals surface area contributed by atoms with Gasteiger partial charge in [0.2, 0.25) is 0 Å². The second kappa shape index (κ2) is 8.84. The summed E-state index contributed by atoms with van der Waals surface area (Å²) in [4.78, 5) is 15.3. The summed E-state index contributed by atoms with van der Waals surface area (Å²) in [6.45, 7) is 0.397. The maximum absolute atomic E-state index is 14.3. The smallest absolute Gasteiger partial charge is 0.270 e. The van der Waals surface area contributed by atoms with Gasteiger partial charge in [0.1, 0.15) is 11.6 Å². The van der Waals surface area contributed by atoms with Gasteiger partial charge in [-0.25, -0.2) is 4.39 Å². The zero-order valence-corrected chi connectivity index (χ0v) is 19.3. The first-order valence-corrected chi connectivity index (χ1v) is 11.5. The average Bonchev–Trinajstić information content (AvgIpc) is 3.32. The van der Waals surface area contributed by atoms with Crippen LogP contribution in [0.2, 0.25) is 0 Å². The number of para-hydroxylation sites is 1. The molecule has 7 heteroatoms. The van der Waals surface area contributed by atoms with Crippen LogP contribution in [0.3, 0.4) is 0 Å². The number of carbonyl (C=O) groups excluding carboxylic acids is 1. The van der Waals surface area contributed by atoms with Crippen LogP contribution in [-0.4, -0.2) is 21.9 Å². The number of rotatable bonds is 5. The van der Waals surface area contributed by atoms with Crippen LogP contribution >= 0.6 is 24.0 Å². The van der Waals surface area contributed by atoms with Crippen molar-refractivity contribution in [2.75, 3.05) is 12.0 Å². The topological polar surface area (TPSA) is 34.5 Å². The van der Waals surface area contributed by atoms with E-state index in [9.17, 15) is 9.18 Å². The third-order valence-electron chi connectivity index (χ3n) is 5.53. The molecule has 0 bridgehead atoms. The minimum Gasteiger partial charge on any atom is -0.497 e. The van der Waals surface area contributed by atoms with Crippen molar-refractivity contribution in [2.45, 2.75) is 6.54 Å². The Balaban J connectivity index is 1.51. The summed E-state index contributed by atoms with van der Waals surface area (Å²) in [5.41, 5.74) is 3.16. The third kappa shape index (κ3) is 4.05. The number of hydrogen-bond donors (Lipinski definition) is 0. The molecule has 5 rings (SSSR count). The lowest BCUT2D eigenvalue weighted by Gasteiger charge is -2.14.